The fourth-order valence-electron chi connectivity index (χ4n) is 1.47. The lowest BCUT2D eigenvalue weighted by Crippen LogP contribution is -2.32. The van der Waals surface area contributed by atoms with E-state index in [9.17, 15) is 9.18 Å². The zero-order valence-corrected chi connectivity index (χ0v) is 9.74. The molecule has 1 aromatic rings. The van der Waals surface area contributed by atoms with E-state index in [2.05, 4.69) is 11.9 Å². The summed E-state index contributed by atoms with van der Waals surface area (Å²) in [6, 6.07) is 1.42. The average molecular weight is 224 g/mol. The second-order valence-corrected chi connectivity index (χ2v) is 3.59. The maximum atomic E-state index is 13.3. The summed E-state index contributed by atoms with van der Waals surface area (Å²) in [4.78, 5) is 17.2. The molecule has 0 atom stereocenters. The van der Waals surface area contributed by atoms with Gasteiger partial charge in [0.15, 0.2) is 5.82 Å². The Hall–Kier alpha value is -1.45. The summed E-state index contributed by atoms with van der Waals surface area (Å²) in [5, 5.41) is 0. The molecule has 0 aliphatic heterocycles. The molecule has 0 N–H and O–H groups in total. The molecule has 0 saturated heterocycles. The summed E-state index contributed by atoms with van der Waals surface area (Å²) in [5.41, 5.74) is 0.105. The third-order valence-electron chi connectivity index (χ3n) is 2.45. The minimum Gasteiger partial charge on any atom is -0.339 e. The molecule has 0 aliphatic rings. The quantitative estimate of drug-likeness (QED) is 0.769. The Morgan fingerprint density at radius 3 is 2.81 bits per heavy atom. The molecule has 1 rings (SSSR count). The van der Waals surface area contributed by atoms with Crippen molar-refractivity contribution in [3.63, 3.8) is 0 Å². The zero-order valence-electron chi connectivity index (χ0n) is 9.74. The predicted octanol–water partition coefficient (Wildman–Crippen LogP) is 2.48. The summed E-state index contributed by atoms with van der Waals surface area (Å²) in [5.74, 6) is -0.807. The van der Waals surface area contributed by atoms with Gasteiger partial charge in [-0.2, -0.15) is 0 Å². The van der Waals surface area contributed by atoms with Crippen molar-refractivity contribution in [3.8, 4) is 0 Å². The molecule has 0 radical (unpaired) electrons. The van der Waals surface area contributed by atoms with E-state index in [1.165, 1.54) is 12.3 Å². The van der Waals surface area contributed by atoms with E-state index < -0.39 is 5.82 Å². The van der Waals surface area contributed by atoms with Gasteiger partial charge < -0.3 is 4.90 Å². The average Bonchev–Trinajstić information content (AvgIpc) is 2.30. The number of nitrogens with zero attached hydrogens (tertiary/aromatic N) is 2. The Labute approximate surface area is 95.3 Å². The zero-order chi connectivity index (χ0) is 12.0. The molecule has 0 aliphatic carbocycles. The lowest BCUT2D eigenvalue weighted by Gasteiger charge is -2.20. The number of pyridine rings is 1. The Kier molecular flexibility index (Phi) is 4.89. The van der Waals surface area contributed by atoms with E-state index in [1.807, 2.05) is 6.92 Å². The molecule has 0 spiro atoms. The smallest absolute Gasteiger partial charge is 0.256 e. The molecule has 3 nitrogen and oxygen atoms in total. The van der Waals surface area contributed by atoms with Crippen LogP contribution in [0.3, 0.4) is 0 Å². The highest BCUT2D eigenvalue weighted by molar-refractivity contribution is 5.94. The van der Waals surface area contributed by atoms with Gasteiger partial charge in [-0.1, -0.05) is 13.3 Å². The van der Waals surface area contributed by atoms with Gasteiger partial charge in [0, 0.05) is 19.3 Å². The van der Waals surface area contributed by atoms with Crippen LogP contribution in [0.5, 0.6) is 0 Å². The molecule has 88 valence electrons. The van der Waals surface area contributed by atoms with Crippen molar-refractivity contribution in [2.75, 3.05) is 13.1 Å². The first-order valence-corrected chi connectivity index (χ1v) is 5.59. The van der Waals surface area contributed by atoms with Gasteiger partial charge >= 0.3 is 0 Å². The van der Waals surface area contributed by atoms with Crippen LogP contribution in [0, 0.1) is 5.82 Å². The third-order valence-corrected chi connectivity index (χ3v) is 2.45. The van der Waals surface area contributed by atoms with Crippen molar-refractivity contribution in [2.45, 2.75) is 26.7 Å². The summed E-state index contributed by atoms with van der Waals surface area (Å²) in [7, 11) is 0. The highest BCUT2D eigenvalue weighted by atomic mass is 19.1. The van der Waals surface area contributed by atoms with Gasteiger partial charge in [-0.25, -0.2) is 4.39 Å². The van der Waals surface area contributed by atoms with Gasteiger partial charge in [0.2, 0.25) is 0 Å². The van der Waals surface area contributed by atoms with E-state index in [4.69, 9.17) is 0 Å². The number of halogens is 1. The first-order chi connectivity index (χ1) is 7.70. The molecule has 0 unspecified atom stereocenters. The van der Waals surface area contributed by atoms with Crippen LogP contribution >= 0.6 is 0 Å². The van der Waals surface area contributed by atoms with Crippen LogP contribution in [-0.2, 0) is 0 Å². The van der Waals surface area contributed by atoms with Gasteiger partial charge in [0.25, 0.3) is 5.91 Å². The summed E-state index contributed by atoms with van der Waals surface area (Å²) < 4.78 is 13.3. The molecular weight excluding hydrogens is 207 g/mol. The SMILES string of the molecule is CCCCN(CC)C(=O)c1ccncc1F. The van der Waals surface area contributed by atoms with Crippen molar-refractivity contribution < 1.29 is 9.18 Å². The van der Waals surface area contributed by atoms with Crippen LogP contribution in [0.4, 0.5) is 4.39 Å². The number of hydrogen-bond acceptors (Lipinski definition) is 2. The largest absolute Gasteiger partial charge is 0.339 e. The predicted molar refractivity (Wildman–Crippen MR) is 60.7 cm³/mol. The van der Waals surface area contributed by atoms with Gasteiger partial charge in [0.1, 0.15) is 0 Å². The van der Waals surface area contributed by atoms with E-state index >= 15 is 0 Å². The Morgan fingerprint density at radius 1 is 1.50 bits per heavy atom. The fraction of sp³-hybridized carbons (Fsp3) is 0.500. The minimum atomic E-state index is -0.553. The number of unbranched alkanes of at least 4 members (excludes halogenated alkanes) is 1. The second kappa shape index (κ2) is 6.20. The van der Waals surface area contributed by atoms with Gasteiger partial charge in [-0.05, 0) is 19.4 Å². The van der Waals surface area contributed by atoms with Crippen LogP contribution in [0.2, 0.25) is 0 Å². The van der Waals surface area contributed by atoms with Crippen LogP contribution in [0.1, 0.15) is 37.0 Å². The topological polar surface area (TPSA) is 33.2 Å². The molecule has 0 bridgehead atoms. The maximum Gasteiger partial charge on any atom is 0.256 e. The lowest BCUT2D eigenvalue weighted by atomic mass is 10.2. The second-order valence-electron chi connectivity index (χ2n) is 3.59. The van der Waals surface area contributed by atoms with Crippen molar-refractivity contribution in [1.82, 2.24) is 9.88 Å². The van der Waals surface area contributed by atoms with Gasteiger partial charge in [-0.15, -0.1) is 0 Å². The standard InChI is InChI=1S/C12H17FN2O/c1-3-5-8-15(4-2)12(16)10-6-7-14-9-11(10)13/h6-7,9H,3-5,8H2,1-2H3. The van der Waals surface area contributed by atoms with Gasteiger partial charge in [-0.3, -0.25) is 9.78 Å². The van der Waals surface area contributed by atoms with E-state index in [0.717, 1.165) is 19.0 Å². The van der Waals surface area contributed by atoms with Crippen LogP contribution in [0.15, 0.2) is 18.5 Å². The van der Waals surface area contributed by atoms with Crippen LogP contribution < -0.4 is 0 Å². The molecule has 0 fully saturated rings. The Bertz CT molecular complexity index is 355. The van der Waals surface area contributed by atoms with Crippen molar-refractivity contribution >= 4 is 5.91 Å². The fourth-order valence-corrected chi connectivity index (χ4v) is 1.47. The molecule has 1 aromatic heterocycles. The molecule has 1 heterocycles. The Morgan fingerprint density at radius 2 is 2.25 bits per heavy atom. The summed E-state index contributed by atoms with van der Waals surface area (Å²) in [6.45, 7) is 5.23. The maximum absolute atomic E-state index is 13.3. The number of aromatic nitrogens is 1. The molecule has 4 heteroatoms. The first kappa shape index (κ1) is 12.6. The van der Waals surface area contributed by atoms with E-state index in [1.54, 1.807) is 4.90 Å². The third kappa shape index (κ3) is 3.02. The van der Waals surface area contributed by atoms with Crippen molar-refractivity contribution in [2.24, 2.45) is 0 Å². The van der Waals surface area contributed by atoms with Crippen LogP contribution in [0.25, 0.3) is 0 Å². The highest BCUT2D eigenvalue weighted by Crippen LogP contribution is 2.09. The Balaban J connectivity index is 2.79. The van der Waals surface area contributed by atoms with Gasteiger partial charge in [0.05, 0.1) is 11.8 Å². The molecule has 16 heavy (non-hydrogen) atoms. The number of carbonyl (C=O) groups excluding carboxylic acids is 1. The van der Waals surface area contributed by atoms with E-state index in [0.29, 0.717) is 13.1 Å². The highest BCUT2D eigenvalue weighted by Gasteiger charge is 2.17. The van der Waals surface area contributed by atoms with E-state index in [-0.39, 0.29) is 11.5 Å². The molecular formula is C12H17FN2O. The monoisotopic (exact) mass is 224 g/mol. The summed E-state index contributed by atoms with van der Waals surface area (Å²) >= 11 is 0. The number of hydrogen-bond donors (Lipinski definition) is 0. The number of amides is 1. The first-order valence-electron chi connectivity index (χ1n) is 5.59. The number of carbonyl (C=O) groups is 1. The van der Waals surface area contributed by atoms with Crippen molar-refractivity contribution in [1.29, 1.82) is 0 Å². The minimum absolute atomic E-state index is 0.105. The van der Waals surface area contributed by atoms with Crippen LogP contribution in [-0.4, -0.2) is 28.9 Å². The normalized spacial score (nSPS) is 10.2. The molecule has 0 aromatic carbocycles. The van der Waals surface area contributed by atoms with Crippen molar-refractivity contribution in [3.05, 3.63) is 29.8 Å². The number of rotatable bonds is 5. The lowest BCUT2D eigenvalue weighted by molar-refractivity contribution is 0.0757. The molecule has 0 saturated carbocycles. The summed E-state index contributed by atoms with van der Waals surface area (Å²) in [6.07, 6.45) is 4.46. The molecule has 1 amide bonds.